The summed E-state index contributed by atoms with van der Waals surface area (Å²) in [4.78, 5) is 17.4. The molecule has 1 unspecified atom stereocenters. The SMILES string of the molecule is Cc1c(/C=C/S(=O)(=O)N2CCC3(CC2)N=C(c2cccc(OC(F)(F)F)c2)NC3=O)cccc1OCCC1COC(C)(C)O1. The van der Waals surface area contributed by atoms with Crippen molar-refractivity contribution in [1.82, 2.24) is 9.62 Å². The first-order valence-electron chi connectivity index (χ1n) is 14.1. The summed E-state index contributed by atoms with van der Waals surface area (Å²) in [5, 5.41) is 3.77. The average Bonchev–Trinajstić information content (AvgIpc) is 3.46. The van der Waals surface area contributed by atoms with Crippen molar-refractivity contribution in [3.05, 3.63) is 64.6 Å². The minimum atomic E-state index is -4.86. The van der Waals surface area contributed by atoms with Gasteiger partial charge in [0.25, 0.3) is 5.91 Å². The second-order valence-electron chi connectivity index (χ2n) is 11.3. The van der Waals surface area contributed by atoms with Gasteiger partial charge in [-0.3, -0.25) is 9.79 Å². The van der Waals surface area contributed by atoms with Crippen molar-refractivity contribution in [2.45, 2.75) is 63.8 Å². The van der Waals surface area contributed by atoms with E-state index in [0.717, 1.165) is 23.1 Å². The molecular weight excluding hydrogens is 603 g/mol. The number of ether oxygens (including phenoxy) is 4. The van der Waals surface area contributed by atoms with Crippen molar-refractivity contribution in [3.8, 4) is 11.5 Å². The molecule has 0 aromatic heterocycles. The molecule has 0 radical (unpaired) electrons. The third kappa shape index (κ3) is 7.42. The number of alkyl halides is 3. The molecule has 0 aliphatic carbocycles. The van der Waals surface area contributed by atoms with E-state index in [1.165, 1.54) is 22.5 Å². The maximum absolute atomic E-state index is 13.2. The quantitative estimate of drug-likeness (QED) is 0.430. The fraction of sp³-hybridized carbons (Fsp3) is 0.467. The smallest absolute Gasteiger partial charge is 0.493 e. The van der Waals surface area contributed by atoms with Gasteiger partial charge >= 0.3 is 6.36 Å². The Hall–Kier alpha value is -3.46. The Balaban J connectivity index is 1.20. The van der Waals surface area contributed by atoms with Gasteiger partial charge in [-0.05, 0) is 69.0 Å². The molecule has 5 rings (SSSR count). The molecule has 3 aliphatic heterocycles. The molecule has 0 bridgehead atoms. The van der Waals surface area contributed by atoms with Crippen molar-refractivity contribution in [1.29, 1.82) is 0 Å². The predicted octanol–water partition coefficient (Wildman–Crippen LogP) is 4.53. The predicted molar refractivity (Wildman–Crippen MR) is 155 cm³/mol. The third-order valence-electron chi connectivity index (χ3n) is 7.74. The van der Waals surface area contributed by atoms with E-state index < -0.39 is 39.4 Å². The number of rotatable bonds is 9. The molecule has 238 valence electrons. The molecule has 3 heterocycles. The number of aliphatic imine (C=N–C) groups is 1. The number of piperidine rings is 1. The van der Waals surface area contributed by atoms with E-state index in [1.807, 2.05) is 26.8 Å². The lowest BCUT2D eigenvalue weighted by Crippen LogP contribution is -2.50. The molecule has 14 heteroatoms. The van der Waals surface area contributed by atoms with Crippen LogP contribution in [0.2, 0.25) is 0 Å². The van der Waals surface area contributed by atoms with E-state index in [2.05, 4.69) is 15.0 Å². The van der Waals surface area contributed by atoms with E-state index in [4.69, 9.17) is 14.2 Å². The molecule has 2 aromatic carbocycles. The number of carbonyl (C=O) groups is 1. The van der Waals surface area contributed by atoms with Crippen LogP contribution >= 0.6 is 0 Å². The molecule has 3 aliphatic rings. The third-order valence-corrected chi connectivity index (χ3v) is 9.31. The van der Waals surface area contributed by atoms with Crippen molar-refractivity contribution in [2.24, 2.45) is 4.99 Å². The van der Waals surface area contributed by atoms with Crippen LogP contribution in [0.1, 0.15) is 49.8 Å². The summed E-state index contributed by atoms with van der Waals surface area (Å²) in [5.41, 5.74) is 0.512. The van der Waals surface area contributed by atoms with Crippen LogP contribution in [0.25, 0.3) is 6.08 Å². The Morgan fingerprint density at radius 1 is 1.16 bits per heavy atom. The van der Waals surface area contributed by atoms with Gasteiger partial charge in [-0.25, -0.2) is 8.42 Å². The normalized spacial score (nSPS) is 21.9. The lowest BCUT2D eigenvalue weighted by Gasteiger charge is -2.34. The maximum atomic E-state index is 13.2. The van der Waals surface area contributed by atoms with Gasteiger partial charge in [0.2, 0.25) is 10.0 Å². The van der Waals surface area contributed by atoms with Crippen LogP contribution in [0.3, 0.4) is 0 Å². The fourth-order valence-electron chi connectivity index (χ4n) is 5.36. The molecule has 44 heavy (non-hydrogen) atoms. The van der Waals surface area contributed by atoms with Crippen LogP contribution < -0.4 is 14.8 Å². The summed E-state index contributed by atoms with van der Waals surface area (Å²) in [6.07, 6.45) is -2.52. The Bertz CT molecular complexity index is 1570. The highest BCUT2D eigenvalue weighted by atomic mass is 32.2. The van der Waals surface area contributed by atoms with Crippen molar-refractivity contribution in [2.75, 3.05) is 26.3 Å². The number of nitrogens with one attached hydrogen (secondary N) is 1. The lowest BCUT2D eigenvalue weighted by molar-refractivity contribution is -0.274. The summed E-state index contributed by atoms with van der Waals surface area (Å²) in [7, 11) is -3.82. The Morgan fingerprint density at radius 2 is 1.89 bits per heavy atom. The van der Waals surface area contributed by atoms with Gasteiger partial charge < -0.3 is 24.3 Å². The first-order chi connectivity index (χ1) is 20.6. The number of halogens is 3. The molecule has 2 fully saturated rings. The number of nitrogens with zero attached hydrogens (tertiary/aromatic N) is 2. The summed E-state index contributed by atoms with van der Waals surface area (Å²) in [6, 6.07) is 10.6. The summed E-state index contributed by atoms with van der Waals surface area (Å²) in [5.74, 6) is -0.712. The average molecular weight is 638 g/mol. The minimum absolute atomic E-state index is 0.0417. The molecule has 2 aromatic rings. The molecule has 1 atom stereocenters. The highest BCUT2D eigenvalue weighted by molar-refractivity contribution is 7.92. The first-order valence-corrected chi connectivity index (χ1v) is 15.7. The monoisotopic (exact) mass is 637 g/mol. The Labute approximate surface area is 253 Å². The standard InChI is InChI=1S/C30H34F3N3O7S/c1-20-21(6-5-9-25(20)40-16-10-24-19-41-28(2,3)42-24)11-17-44(38,39)36-14-12-29(13-15-36)27(37)34-26(35-29)22-7-4-8-23(18-22)43-30(31,32)33/h4-9,11,17-18,24H,10,12-16,19H2,1-3H3,(H,34,35,37)/b17-11+. The van der Waals surface area contributed by atoms with Crippen LogP contribution in [0.5, 0.6) is 11.5 Å². The second kappa shape index (κ2) is 12.1. The summed E-state index contributed by atoms with van der Waals surface area (Å²) < 4.78 is 86.9. The molecule has 10 nitrogen and oxygen atoms in total. The van der Waals surface area contributed by atoms with E-state index in [0.29, 0.717) is 30.9 Å². The van der Waals surface area contributed by atoms with Gasteiger partial charge in [0.1, 0.15) is 22.9 Å². The number of amidine groups is 1. The number of carbonyl (C=O) groups excluding carboxylic acids is 1. The molecular formula is C30H34F3N3O7S. The number of hydrogen-bond donors (Lipinski definition) is 1. The molecule has 1 amide bonds. The van der Waals surface area contributed by atoms with Crippen LogP contribution in [0, 0.1) is 6.92 Å². The zero-order valence-corrected chi connectivity index (χ0v) is 25.3. The van der Waals surface area contributed by atoms with Crippen molar-refractivity contribution < 1.29 is 45.3 Å². The summed E-state index contributed by atoms with van der Waals surface area (Å²) >= 11 is 0. The van der Waals surface area contributed by atoms with Crippen molar-refractivity contribution >= 4 is 27.8 Å². The number of amides is 1. The van der Waals surface area contributed by atoms with Crippen LogP contribution in [0.4, 0.5) is 13.2 Å². The van der Waals surface area contributed by atoms with Gasteiger partial charge in [0.15, 0.2) is 5.79 Å². The Kier molecular flexibility index (Phi) is 8.82. The number of benzene rings is 2. The fourth-order valence-corrected chi connectivity index (χ4v) is 6.54. The van der Waals surface area contributed by atoms with E-state index >= 15 is 0 Å². The van der Waals surface area contributed by atoms with Crippen LogP contribution in [-0.2, 0) is 24.3 Å². The first kappa shape index (κ1) is 31.9. The summed E-state index contributed by atoms with van der Waals surface area (Å²) in [6.45, 7) is 6.58. The largest absolute Gasteiger partial charge is 0.573 e. The van der Waals surface area contributed by atoms with Gasteiger partial charge in [0, 0.05) is 30.5 Å². The van der Waals surface area contributed by atoms with Crippen LogP contribution in [-0.4, -0.2) is 74.6 Å². The molecule has 1 N–H and O–H groups in total. The molecule has 2 saturated heterocycles. The Morgan fingerprint density at radius 3 is 2.57 bits per heavy atom. The topological polar surface area (TPSA) is 116 Å². The lowest BCUT2D eigenvalue weighted by atomic mass is 9.89. The molecule has 1 spiro atoms. The minimum Gasteiger partial charge on any atom is -0.493 e. The highest BCUT2D eigenvalue weighted by Gasteiger charge is 2.47. The second-order valence-corrected chi connectivity index (χ2v) is 13.1. The number of hydrogen-bond acceptors (Lipinski definition) is 8. The van der Waals surface area contributed by atoms with Gasteiger partial charge in [0.05, 0.1) is 19.3 Å². The molecule has 0 saturated carbocycles. The van der Waals surface area contributed by atoms with E-state index in [1.54, 1.807) is 12.1 Å². The zero-order valence-electron chi connectivity index (χ0n) is 24.5. The van der Waals surface area contributed by atoms with E-state index in [-0.39, 0.29) is 43.4 Å². The van der Waals surface area contributed by atoms with Gasteiger partial charge in [-0.15, -0.1) is 13.2 Å². The highest BCUT2D eigenvalue weighted by Crippen LogP contribution is 2.33. The zero-order chi connectivity index (χ0) is 31.8. The van der Waals surface area contributed by atoms with E-state index in [9.17, 15) is 26.4 Å². The van der Waals surface area contributed by atoms with Gasteiger partial charge in [-0.2, -0.15) is 4.31 Å². The maximum Gasteiger partial charge on any atom is 0.573 e. The van der Waals surface area contributed by atoms with Crippen molar-refractivity contribution in [3.63, 3.8) is 0 Å². The van der Waals surface area contributed by atoms with Gasteiger partial charge in [-0.1, -0.05) is 24.3 Å². The van der Waals surface area contributed by atoms with Crippen LogP contribution in [0.15, 0.2) is 52.9 Å². The number of sulfonamides is 1.